The van der Waals surface area contributed by atoms with E-state index >= 15 is 0 Å². The van der Waals surface area contributed by atoms with Gasteiger partial charge in [-0.25, -0.2) is 0 Å². The first-order valence-electron chi connectivity index (χ1n) is 9.79. The molecular formula is C24H24N2O3S. The Balaban J connectivity index is 1.47. The second kappa shape index (κ2) is 9.05. The molecule has 5 nitrogen and oxygen atoms in total. The molecule has 0 bridgehead atoms. The highest BCUT2D eigenvalue weighted by Crippen LogP contribution is 2.28. The zero-order valence-corrected chi connectivity index (χ0v) is 17.9. The third-order valence-corrected chi connectivity index (χ3v) is 5.94. The van der Waals surface area contributed by atoms with Crippen molar-refractivity contribution in [2.75, 3.05) is 20.8 Å². The van der Waals surface area contributed by atoms with E-state index in [-0.39, 0.29) is 5.91 Å². The van der Waals surface area contributed by atoms with Gasteiger partial charge in [-0.2, -0.15) is 0 Å². The lowest BCUT2D eigenvalue weighted by atomic mass is 10.1. The van der Waals surface area contributed by atoms with E-state index in [0.29, 0.717) is 36.7 Å². The second-order valence-corrected chi connectivity index (χ2v) is 7.91. The first-order valence-corrected chi connectivity index (χ1v) is 10.7. The number of benzene rings is 2. The highest BCUT2D eigenvalue weighted by Gasteiger charge is 2.16. The summed E-state index contributed by atoms with van der Waals surface area (Å²) in [6.45, 7) is 1.21. The van der Waals surface area contributed by atoms with E-state index < -0.39 is 0 Å². The highest BCUT2D eigenvalue weighted by molar-refractivity contribution is 7.17. The number of rotatable bonds is 8. The zero-order chi connectivity index (χ0) is 20.9. The number of aromatic nitrogens is 1. The van der Waals surface area contributed by atoms with E-state index in [9.17, 15) is 4.79 Å². The number of amides is 1. The van der Waals surface area contributed by atoms with Crippen molar-refractivity contribution in [3.8, 4) is 11.5 Å². The average molecular weight is 421 g/mol. The Hall–Kier alpha value is -3.25. The molecule has 0 unspecified atom stereocenters. The number of carbonyl (C=O) groups excluding carboxylic acids is 1. The van der Waals surface area contributed by atoms with Crippen LogP contribution in [0, 0.1) is 0 Å². The van der Waals surface area contributed by atoms with Gasteiger partial charge in [-0.1, -0.05) is 36.4 Å². The van der Waals surface area contributed by atoms with Crippen LogP contribution in [-0.4, -0.2) is 31.2 Å². The number of nitrogens with one attached hydrogen (secondary N) is 1. The maximum atomic E-state index is 13.0. The number of carbonyl (C=O) groups is 1. The fourth-order valence-electron chi connectivity index (χ4n) is 3.55. The predicted octanol–water partition coefficient (Wildman–Crippen LogP) is 4.74. The van der Waals surface area contributed by atoms with Crippen LogP contribution in [-0.2, 0) is 13.0 Å². The van der Waals surface area contributed by atoms with Crippen molar-refractivity contribution in [3.05, 3.63) is 82.9 Å². The van der Waals surface area contributed by atoms with Gasteiger partial charge in [-0.3, -0.25) is 4.79 Å². The molecule has 154 valence electrons. The summed E-state index contributed by atoms with van der Waals surface area (Å²) in [6, 6.07) is 20.1. The Morgan fingerprint density at radius 1 is 0.967 bits per heavy atom. The third kappa shape index (κ3) is 4.19. The van der Waals surface area contributed by atoms with Crippen LogP contribution < -0.4 is 14.8 Å². The normalized spacial score (nSPS) is 10.9. The number of ether oxygens (including phenoxy) is 2. The van der Waals surface area contributed by atoms with Gasteiger partial charge in [-0.15, -0.1) is 11.3 Å². The first kappa shape index (κ1) is 20.0. The molecule has 2 aromatic heterocycles. The fourth-order valence-corrected chi connectivity index (χ4v) is 4.37. The Bertz CT molecular complexity index is 1150. The summed E-state index contributed by atoms with van der Waals surface area (Å²) in [7, 11) is 3.24. The van der Waals surface area contributed by atoms with Crippen molar-refractivity contribution in [2.24, 2.45) is 0 Å². The molecule has 0 radical (unpaired) electrons. The van der Waals surface area contributed by atoms with E-state index in [1.807, 2.05) is 42.5 Å². The van der Waals surface area contributed by atoms with Gasteiger partial charge in [0.05, 0.1) is 24.4 Å². The number of nitrogens with zero attached hydrogens (tertiary/aromatic N) is 1. The number of hydrogen-bond donors (Lipinski definition) is 1. The van der Waals surface area contributed by atoms with Gasteiger partial charge in [0.25, 0.3) is 5.91 Å². The van der Waals surface area contributed by atoms with Crippen molar-refractivity contribution >= 4 is 27.5 Å². The Morgan fingerprint density at radius 2 is 1.77 bits per heavy atom. The summed E-state index contributed by atoms with van der Waals surface area (Å²) >= 11 is 1.65. The van der Waals surface area contributed by atoms with Crippen molar-refractivity contribution in [1.82, 2.24) is 9.88 Å². The standard InChI is InChI=1S/C24H24N2O3S/c1-28-21-9-8-17(14-22(21)29-2)10-12-25-24(27)20-15-23-19(11-13-30-23)26(20)16-18-6-4-3-5-7-18/h3-9,11,13-15H,10,12,16H2,1-2H3,(H,25,27). The lowest BCUT2D eigenvalue weighted by molar-refractivity contribution is 0.0946. The minimum absolute atomic E-state index is 0.0604. The van der Waals surface area contributed by atoms with Gasteiger partial charge < -0.3 is 19.4 Å². The number of thiophene rings is 1. The Morgan fingerprint density at radius 3 is 2.53 bits per heavy atom. The molecule has 0 spiro atoms. The van der Waals surface area contributed by atoms with E-state index in [1.165, 1.54) is 5.56 Å². The van der Waals surface area contributed by atoms with Crippen LogP contribution in [0.15, 0.2) is 66.0 Å². The fraction of sp³-hybridized carbons (Fsp3) is 0.208. The molecule has 1 N–H and O–H groups in total. The lowest BCUT2D eigenvalue weighted by Crippen LogP contribution is -2.28. The summed E-state index contributed by atoms with van der Waals surface area (Å²) < 4.78 is 13.8. The molecule has 2 aromatic carbocycles. The van der Waals surface area contributed by atoms with Gasteiger partial charge in [0, 0.05) is 13.1 Å². The molecule has 1 amide bonds. The SMILES string of the molecule is COc1ccc(CCNC(=O)c2cc3sccc3n2Cc2ccccc2)cc1OC. The smallest absolute Gasteiger partial charge is 0.267 e. The third-order valence-electron chi connectivity index (χ3n) is 5.09. The zero-order valence-electron chi connectivity index (χ0n) is 17.1. The molecule has 2 heterocycles. The summed E-state index contributed by atoms with van der Waals surface area (Å²) in [4.78, 5) is 13.0. The average Bonchev–Trinajstić information content (AvgIpc) is 3.37. The highest BCUT2D eigenvalue weighted by atomic mass is 32.1. The molecule has 0 aliphatic heterocycles. The van der Waals surface area contributed by atoms with Crippen molar-refractivity contribution in [1.29, 1.82) is 0 Å². The van der Waals surface area contributed by atoms with E-state index in [1.54, 1.807) is 25.6 Å². The molecule has 0 atom stereocenters. The summed E-state index contributed by atoms with van der Waals surface area (Å²) in [5.74, 6) is 1.33. The molecule has 0 saturated carbocycles. The maximum absolute atomic E-state index is 13.0. The molecule has 4 rings (SSSR count). The first-order chi connectivity index (χ1) is 14.7. The lowest BCUT2D eigenvalue weighted by Gasteiger charge is -2.12. The van der Waals surface area contributed by atoms with Crippen LogP contribution in [0.5, 0.6) is 11.5 Å². The predicted molar refractivity (Wildman–Crippen MR) is 121 cm³/mol. The molecule has 0 saturated heterocycles. The molecule has 0 aliphatic rings. The molecule has 0 fully saturated rings. The van der Waals surface area contributed by atoms with Crippen LogP contribution >= 0.6 is 11.3 Å². The van der Waals surface area contributed by atoms with E-state index in [2.05, 4.69) is 33.5 Å². The van der Waals surface area contributed by atoms with Gasteiger partial charge >= 0.3 is 0 Å². The number of methoxy groups -OCH3 is 2. The summed E-state index contributed by atoms with van der Waals surface area (Å²) in [6.07, 6.45) is 0.708. The van der Waals surface area contributed by atoms with Crippen molar-refractivity contribution in [3.63, 3.8) is 0 Å². The topological polar surface area (TPSA) is 52.5 Å². The van der Waals surface area contributed by atoms with Crippen molar-refractivity contribution < 1.29 is 14.3 Å². The molecule has 6 heteroatoms. The largest absolute Gasteiger partial charge is 0.493 e. The van der Waals surface area contributed by atoms with Crippen LogP contribution in [0.2, 0.25) is 0 Å². The quantitative estimate of drug-likeness (QED) is 0.448. The maximum Gasteiger partial charge on any atom is 0.267 e. The van der Waals surface area contributed by atoms with Crippen LogP contribution in [0.3, 0.4) is 0 Å². The van der Waals surface area contributed by atoms with Crippen LogP contribution in [0.25, 0.3) is 10.2 Å². The molecular weight excluding hydrogens is 396 g/mol. The monoisotopic (exact) mass is 420 g/mol. The van der Waals surface area contributed by atoms with Crippen LogP contribution in [0.1, 0.15) is 21.6 Å². The molecule has 30 heavy (non-hydrogen) atoms. The minimum atomic E-state index is -0.0604. The van der Waals surface area contributed by atoms with Gasteiger partial charge in [0.15, 0.2) is 11.5 Å². The second-order valence-electron chi connectivity index (χ2n) is 6.97. The molecule has 0 aliphatic carbocycles. The van der Waals surface area contributed by atoms with Gasteiger partial charge in [-0.05, 0) is 47.2 Å². The number of fused-ring (bicyclic) bond motifs is 1. The summed E-state index contributed by atoms with van der Waals surface area (Å²) in [5, 5.41) is 5.12. The number of hydrogen-bond acceptors (Lipinski definition) is 4. The Kier molecular flexibility index (Phi) is 6.05. The van der Waals surface area contributed by atoms with Gasteiger partial charge in [0.2, 0.25) is 0 Å². The van der Waals surface area contributed by atoms with Gasteiger partial charge in [0.1, 0.15) is 5.69 Å². The van der Waals surface area contributed by atoms with E-state index in [4.69, 9.17) is 9.47 Å². The summed E-state index contributed by atoms with van der Waals surface area (Å²) in [5.41, 5.74) is 4.02. The minimum Gasteiger partial charge on any atom is -0.493 e. The van der Waals surface area contributed by atoms with Crippen molar-refractivity contribution in [2.45, 2.75) is 13.0 Å². The van der Waals surface area contributed by atoms with Crippen LogP contribution in [0.4, 0.5) is 0 Å². The molecule has 4 aromatic rings. The van der Waals surface area contributed by atoms with E-state index in [0.717, 1.165) is 15.8 Å². The Labute approximate surface area is 179 Å².